The van der Waals surface area contributed by atoms with Gasteiger partial charge in [-0.2, -0.15) is 0 Å². The smallest absolute Gasteiger partial charge is 0.258 e. The molecule has 0 atom stereocenters. The van der Waals surface area contributed by atoms with Crippen molar-refractivity contribution in [2.75, 3.05) is 29.9 Å². The van der Waals surface area contributed by atoms with Crippen molar-refractivity contribution in [2.24, 2.45) is 0 Å². The summed E-state index contributed by atoms with van der Waals surface area (Å²) in [7, 11) is 1.97. The molecule has 0 fully saturated rings. The fourth-order valence-corrected chi connectivity index (χ4v) is 2.77. The van der Waals surface area contributed by atoms with Gasteiger partial charge in [0.1, 0.15) is 11.6 Å². The molecule has 114 valence electrons. The number of nitrogens with zero attached hydrogens (tertiary/aromatic N) is 2. The van der Waals surface area contributed by atoms with E-state index in [9.17, 15) is 13.6 Å². The van der Waals surface area contributed by atoms with Crippen LogP contribution in [-0.4, -0.2) is 26.0 Å². The van der Waals surface area contributed by atoms with Crippen molar-refractivity contribution in [3.63, 3.8) is 0 Å². The number of anilines is 2. The minimum absolute atomic E-state index is 0.0249. The van der Waals surface area contributed by atoms with Gasteiger partial charge < -0.3 is 9.80 Å². The Balaban J connectivity index is 2.03. The first kappa shape index (κ1) is 14.5. The number of hydrogen-bond donors (Lipinski definition) is 0. The highest BCUT2D eigenvalue weighted by atomic mass is 19.1. The molecule has 0 N–H and O–H groups in total. The van der Waals surface area contributed by atoms with Crippen LogP contribution < -0.4 is 9.80 Å². The van der Waals surface area contributed by atoms with E-state index in [1.165, 1.54) is 0 Å². The van der Waals surface area contributed by atoms with Gasteiger partial charge in [0.15, 0.2) is 0 Å². The summed E-state index contributed by atoms with van der Waals surface area (Å²) < 4.78 is 26.7. The molecule has 0 aromatic heterocycles. The maximum absolute atomic E-state index is 13.4. The minimum atomic E-state index is -0.747. The molecule has 0 aliphatic carbocycles. The van der Waals surface area contributed by atoms with Gasteiger partial charge >= 0.3 is 0 Å². The van der Waals surface area contributed by atoms with Crippen LogP contribution in [0.5, 0.6) is 0 Å². The molecule has 2 aromatic carbocycles. The molecule has 2 aromatic rings. The van der Waals surface area contributed by atoms with E-state index in [1.54, 1.807) is 4.90 Å². The summed E-state index contributed by atoms with van der Waals surface area (Å²) in [6.07, 6.45) is 0.786. The van der Waals surface area contributed by atoms with Crippen LogP contribution in [0.3, 0.4) is 0 Å². The number of rotatable bonds is 1. The molecule has 3 rings (SSSR count). The second-order valence-corrected chi connectivity index (χ2v) is 5.38. The molecule has 0 saturated heterocycles. The van der Waals surface area contributed by atoms with Crippen LogP contribution in [0.1, 0.15) is 16.8 Å². The van der Waals surface area contributed by atoms with E-state index >= 15 is 0 Å². The maximum atomic E-state index is 13.4. The monoisotopic (exact) mass is 302 g/mol. The molecule has 0 radical (unpaired) electrons. The molecule has 0 bridgehead atoms. The molecule has 1 aliphatic heterocycles. The number of carbonyl (C=O) groups is 1. The molecular formula is C17H16F2N2O. The van der Waals surface area contributed by atoms with Gasteiger partial charge in [0.2, 0.25) is 0 Å². The largest absolute Gasteiger partial charge is 0.373 e. The number of halogens is 2. The second kappa shape index (κ2) is 5.75. The number of amides is 1. The SMILES string of the molecule is CN1CCCN(C(=O)c2cc(F)cc(F)c2)c2ccccc21. The standard InChI is InChI=1S/C17H16F2N2O/c1-20-7-4-8-21(16-6-3-2-5-15(16)20)17(22)12-9-13(18)11-14(19)10-12/h2-3,5-6,9-11H,4,7-8H2,1H3. The molecule has 22 heavy (non-hydrogen) atoms. The lowest BCUT2D eigenvalue weighted by Gasteiger charge is -2.24. The third-order valence-electron chi connectivity index (χ3n) is 3.81. The Hall–Kier alpha value is -2.43. The Morgan fingerprint density at radius 1 is 1.00 bits per heavy atom. The van der Waals surface area contributed by atoms with Crippen LogP contribution in [-0.2, 0) is 0 Å². The van der Waals surface area contributed by atoms with Gasteiger partial charge in [-0.25, -0.2) is 8.78 Å². The summed E-state index contributed by atoms with van der Waals surface area (Å²) in [6, 6.07) is 10.5. The fraction of sp³-hybridized carbons (Fsp3) is 0.235. The third kappa shape index (κ3) is 2.66. The van der Waals surface area contributed by atoms with Crippen LogP contribution in [0.4, 0.5) is 20.2 Å². The first-order valence-electron chi connectivity index (χ1n) is 7.14. The number of para-hydroxylation sites is 2. The summed E-state index contributed by atoms with van der Waals surface area (Å²) in [5, 5.41) is 0. The van der Waals surface area contributed by atoms with Crippen molar-refractivity contribution in [3.8, 4) is 0 Å². The lowest BCUT2D eigenvalue weighted by molar-refractivity contribution is 0.0986. The zero-order chi connectivity index (χ0) is 15.7. The Labute approximate surface area is 127 Å². The number of hydrogen-bond acceptors (Lipinski definition) is 2. The summed E-state index contributed by atoms with van der Waals surface area (Å²) in [5.41, 5.74) is 1.72. The second-order valence-electron chi connectivity index (χ2n) is 5.38. The average molecular weight is 302 g/mol. The molecule has 3 nitrogen and oxygen atoms in total. The highest BCUT2D eigenvalue weighted by molar-refractivity contribution is 6.08. The molecule has 0 unspecified atom stereocenters. The van der Waals surface area contributed by atoms with Crippen LogP contribution >= 0.6 is 0 Å². The lowest BCUT2D eigenvalue weighted by atomic mass is 10.1. The van der Waals surface area contributed by atoms with E-state index < -0.39 is 11.6 Å². The van der Waals surface area contributed by atoms with E-state index in [0.29, 0.717) is 6.54 Å². The first-order chi connectivity index (χ1) is 10.6. The van der Waals surface area contributed by atoms with E-state index in [1.807, 2.05) is 31.3 Å². The van der Waals surface area contributed by atoms with Gasteiger partial charge in [-0.15, -0.1) is 0 Å². The molecule has 5 heteroatoms. The molecule has 1 heterocycles. The van der Waals surface area contributed by atoms with Gasteiger partial charge in [0.05, 0.1) is 11.4 Å². The van der Waals surface area contributed by atoms with Gasteiger partial charge in [0, 0.05) is 31.8 Å². The highest BCUT2D eigenvalue weighted by Crippen LogP contribution is 2.32. The number of carbonyl (C=O) groups excluding carboxylic acids is 1. The van der Waals surface area contributed by atoms with Gasteiger partial charge in [-0.1, -0.05) is 12.1 Å². The Morgan fingerprint density at radius 2 is 1.64 bits per heavy atom. The van der Waals surface area contributed by atoms with Gasteiger partial charge in [-0.05, 0) is 30.7 Å². The maximum Gasteiger partial charge on any atom is 0.258 e. The predicted octanol–water partition coefficient (Wildman–Crippen LogP) is 3.45. The van der Waals surface area contributed by atoms with E-state index in [0.717, 1.165) is 42.5 Å². The predicted molar refractivity (Wildman–Crippen MR) is 82.4 cm³/mol. The highest BCUT2D eigenvalue weighted by Gasteiger charge is 2.24. The quantitative estimate of drug-likeness (QED) is 0.805. The van der Waals surface area contributed by atoms with Crippen molar-refractivity contribution in [3.05, 3.63) is 59.7 Å². The van der Waals surface area contributed by atoms with Crippen molar-refractivity contribution < 1.29 is 13.6 Å². The van der Waals surface area contributed by atoms with Crippen molar-refractivity contribution in [2.45, 2.75) is 6.42 Å². The van der Waals surface area contributed by atoms with Crippen LogP contribution in [0.2, 0.25) is 0 Å². The normalized spacial score (nSPS) is 14.5. The first-order valence-corrected chi connectivity index (χ1v) is 7.14. The van der Waals surface area contributed by atoms with E-state index in [-0.39, 0.29) is 11.5 Å². The zero-order valence-corrected chi connectivity index (χ0v) is 12.2. The van der Waals surface area contributed by atoms with Gasteiger partial charge in [-0.3, -0.25) is 4.79 Å². The number of benzene rings is 2. The Morgan fingerprint density at radius 3 is 2.32 bits per heavy atom. The van der Waals surface area contributed by atoms with Crippen LogP contribution in [0, 0.1) is 11.6 Å². The lowest BCUT2D eigenvalue weighted by Crippen LogP contribution is -2.31. The van der Waals surface area contributed by atoms with Gasteiger partial charge in [0.25, 0.3) is 5.91 Å². The summed E-state index contributed by atoms with van der Waals surface area (Å²) in [5.74, 6) is -1.88. The van der Waals surface area contributed by atoms with Crippen LogP contribution in [0.15, 0.2) is 42.5 Å². The van der Waals surface area contributed by atoms with E-state index in [2.05, 4.69) is 4.90 Å². The summed E-state index contributed by atoms with van der Waals surface area (Å²) in [6.45, 7) is 1.33. The summed E-state index contributed by atoms with van der Waals surface area (Å²) in [4.78, 5) is 16.4. The van der Waals surface area contributed by atoms with Crippen LogP contribution in [0.25, 0.3) is 0 Å². The summed E-state index contributed by atoms with van der Waals surface area (Å²) >= 11 is 0. The van der Waals surface area contributed by atoms with Crippen molar-refractivity contribution >= 4 is 17.3 Å². The molecular weight excluding hydrogens is 286 g/mol. The zero-order valence-electron chi connectivity index (χ0n) is 12.2. The van der Waals surface area contributed by atoms with Crippen molar-refractivity contribution in [1.82, 2.24) is 0 Å². The minimum Gasteiger partial charge on any atom is -0.373 e. The molecule has 1 aliphatic rings. The molecule has 0 saturated carbocycles. The van der Waals surface area contributed by atoms with Crippen molar-refractivity contribution in [1.29, 1.82) is 0 Å². The Kier molecular flexibility index (Phi) is 3.79. The molecule has 0 spiro atoms. The van der Waals surface area contributed by atoms with E-state index in [4.69, 9.17) is 0 Å². The molecule has 1 amide bonds. The fourth-order valence-electron chi connectivity index (χ4n) is 2.77. The number of fused-ring (bicyclic) bond motifs is 1. The Bertz CT molecular complexity index is 697. The third-order valence-corrected chi connectivity index (χ3v) is 3.81. The topological polar surface area (TPSA) is 23.6 Å². The average Bonchev–Trinajstić information content (AvgIpc) is 2.65.